The number of rotatable bonds is 4. The molecule has 0 unspecified atom stereocenters. The Morgan fingerprint density at radius 3 is 2.53 bits per heavy atom. The topological polar surface area (TPSA) is 21.3 Å². The fraction of sp³-hybridized carbons (Fsp3) is 0.647. The average Bonchev–Trinajstić information content (AvgIpc) is 2.47. The van der Waals surface area contributed by atoms with E-state index in [0.29, 0.717) is 0 Å². The third-order valence-electron chi connectivity index (χ3n) is 4.73. The predicted molar refractivity (Wildman–Crippen MR) is 81.0 cm³/mol. The molecule has 1 N–H and O–H groups in total. The van der Waals surface area contributed by atoms with Crippen molar-refractivity contribution in [2.75, 3.05) is 20.2 Å². The van der Waals surface area contributed by atoms with E-state index in [4.69, 9.17) is 4.74 Å². The van der Waals surface area contributed by atoms with Gasteiger partial charge in [0.2, 0.25) is 0 Å². The Bertz CT molecular complexity index is 419. The molecule has 0 aromatic heterocycles. The van der Waals surface area contributed by atoms with Gasteiger partial charge in [-0.05, 0) is 55.3 Å². The van der Waals surface area contributed by atoms with Crippen LogP contribution in [0.5, 0.6) is 5.75 Å². The normalized spacial score (nSPS) is 17.5. The Labute approximate surface area is 117 Å². The summed E-state index contributed by atoms with van der Waals surface area (Å²) in [6.07, 6.45) is 3.60. The zero-order valence-corrected chi connectivity index (χ0v) is 12.8. The van der Waals surface area contributed by atoms with Crippen LogP contribution in [0, 0.1) is 5.92 Å². The maximum atomic E-state index is 5.61. The van der Waals surface area contributed by atoms with Gasteiger partial charge in [-0.25, -0.2) is 0 Å². The molecule has 0 radical (unpaired) electrons. The minimum atomic E-state index is 0.179. The number of hydrogen-bond acceptors (Lipinski definition) is 2. The van der Waals surface area contributed by atoms with E-state index in [1.807, 2.05) is 0 Å². The lowest BCUT2D eigenvalue weighted by atomic mass is 9.69. The second kappa shape index (κ2) is 5.96. The Hall–Kier alpha value is -1.02. The highest BCUT2D eigenvalue weighted by atomic mass is 16.5. The SMILES string of the molecule is CCc1ccc(OC)c(C(C)(C)C2CCNCC2)c1. The first-order valence-electron chi connectivity index (χ1n) is 7.47. The number of piperidine rings is 1. The van der Waals surface area contributed by atoms with Crippen LogP contribution in [0.15, 0.2) is 18.2 Å². The van der Waals surface area contributed by atoms with Crippen LogP contribution in [0.1, 0.15) is 44.7 Å². The molecule has 0 aliphatic carbocycles. The monoisotopic (exact) mass is 261 g/mol. The molecule has 2 nitrogen and oxygen atoms in total. The average molecular weight is 261 g/mol. The van der Waals surface area contributed by atoms with E-state index in [9.17, 15) is 0 Å². The van der Waals surface area contributed by atoms with Gasteiger partial charge in [0.1, 0.15) is 5.75 Å². The molecule has 1 aliphatic heterocycles. The van der Waals surface area contributed by atoms with Crippen LogP contribution in [0.25, 0.3) is 0 Å². The van der Waals surface area contributed by atoms with Gasteiger partial charge >= 0.3 is 0 Å². The molecule has 1 aromatic rings. The molecule has 2 rings (SSSR count). The van der Waals surface area contributed by atoms with Crippen molar-refractivity contribution in [2.45, 2.75) is 45.4 Å². The number of methoxy groups -OCH3 is 1. The Balaban J connectivity index is 2.36. The summed E-state index contributed by atoms with van der Waals surface area (Å²) >= 11 is 0. The van der Waals surface area contributed by atoms with E-state index in [-0.39, 0.29) is 5.41 Å². The fourth-order valence-electron chi connectivity index (χ4n) is 3.24. The molecule has 0 saturated carbocycles. The minimum absolute atomic E-state index is 0.179. The van der Waals surface area contributed by atoms with Crippen LogP contribution < -0.4 is 10.1 Å². The van der Waals surface area contributed by atoms with Gasteiger partial charge < -0.3 is 10.1 Å². The lowest BCUT2D eigenvalue weighted by Gasteiger charge is -2.38. The van der Waals surface area contributed by atoms with Crippen LogP contribution in [-0.4, -0.2) is 20.2 Å². The van der Waals surface area contributed by atoms with Crippen molar-refractivity contribution < 1.29 is 4.74 Å². The highest BCUT2D eigenvalue weighted by molar-refractivity contribution is 5.42. The van der Waals surface area contributed by atoms with Crippen LogP contribution in [-0.2, 0) is 11.8 Å². The third kappa shape index (κ3) is 2.94. The van der Waals surface area contributed by atoms with E-state index >= 15 is 0 Å². The Morgan fingerprint density at radius 1 is 1.26 bits per heavy atom. The van der Waals surface area contributed by atoms with Gasteiger partial charge in [0.25, 0.3) is 0 Å². The van der Waals surface area contributed by atoms with E-state index in [0.717, 1.165) is 31.2 Å². The van der Waals surface area contributed by atoms with Gasteiger partial charge in [-0.1, -0.05) is 32.9 Å². The standard InChI is InChI=1S/C17H27NO/c1-5-13-6-7-16(19-4)15(12-13)17(2,3)14-8-10-18-11-9-14/h6-7,12,14,18H,5,8-11H2,1-4H3. The molecule has 0 spiro atoms. The van der Waals surface area contributed by atoms with Crippen molar-refractivity contribution in [3.05, 3.63) is 29.3 Å². The molecular weight excluding hydrogens is 234 g/mol. The molecular formula is C17H27NO. The molecule has 19 heavy (non-hydrogen) atoms. The van der Waals surface area contributed by atoms with Crippen LogP contribution >= 0.6 is 0 Å². The first-order chi connectivity index (χ1) is 9.09. The summed E-state index contributed by atoms with van der Waals surface area (Å²) in [5.41, 5.74) is 2.96. The molecule has 1 heterocycles. The summed E-state index contributed by atoms with van der Waals surface area (Å²) in [6.45, 7) is 9.25. The second-order valence-electron chi connectivity index (χ2n) is 6.13. The number of nitrogens with one attached hydrogen (secondary N) is 1. The van der Waals surface area contributed by atoms with Gasteiger partial charge in [-0.2, -0.15) is 0 Å². The quantitative estimate of drug-likeness (QED) is 0.895. The first kappa shape index (κ1) is 14.4. The van der Waals surface area contributed by atoms with Gasteiger partial charge in [-0.15, -0.1) is 0 Å². The second-order valence-corrected chi connectivity index (χ2v) is 6.13. The number of benzene rings is 1. The van der Waals surface area contributed by atoms with E-state index in [1.54, 1.807) is 7.11 Å². The van der Waals surface area contributed by atoms with Crippen LogP contribution in [0.2, 0.25) is 0 Å². The maximum absolute atomic E-state index is 5.61. The number of hydrogen-bond donors (Lipinski definition) is 1. The number of aryl methyl sites for hydroxylation is 1. The molecule has 106 valence electrons. The molecule has 1 aliphatic rings. The predicted octanol–water partition coefficient (Wildman–Crippen LogP) is 3.53. The summed E-state index contributed by atoms with van der Waals surface area (Å²) in [7, 11) is 1.78. The highest BCUT2D eigenvalue weighted by Crippen LogP contribution is 2.41. The summed E-state index contributed by atoms with van der Waals surface area (Å²) in [4.78, 5) is 0. The molecule has 0 amide bonds. The smallest absolute Gasteiger partial charge is 0.122 e. The maximum Gasteiger partial charge on any atom is 0.122 e. The molecule has 1 fully saturated rings. The lowest BCUT2D eigenvalue weighted by molar-refractivity contribution is 0.240. The van der Waals surface area contributed by atoms with Gasteiger partial charge in [0.05, 0.1) is 7.11 Å². The zero-order valence-electron chi connectivity index (χ0n) is 12.8. The van der Waals surface area contributed by atoms with Crippen molar-refractivity contribution in [1.82, 2.24) is 5.32 Å². The summed E-state index contributed by atoms with van der Waals surface area (Å²) in [6, 6.07) is 6.67. The van der Waals surface area contributed by atoms with E-state index in [2.05, 4.69) is 44.3 Å². The van der Waals surface area contributed by atoms with Crippen LogP contribution in [0.3, 0.4) is 0 Å². The van der Waals surface area contributed by atoms with Gasteiger partial charge in [0.15, 0.2) is 0 Å². The number of ether oxygens (including phenoxy) is 1. The van der Waals surface area contributed by atoms with Crippen molar-refractivity contribution >= 4 is 0 Å². The van der Waals surface area contributed by atoms with Gasteiger partial charge in [0, 0.05) is 5.56 Å². The fourth-order valence-corrected chi connectivity index (χ4v) is 3.24. The molecule has 2 heteroatoms. The third-order valence-corrected chi connectivity index (χ3v) is 4.73. The van der Waals surface area contributed by atoms with Crippen molar-refractivity contribution in [3.8, 4) is 5.75 Å². The van der Waals surface area contributed by atoms with Crippen LogP contribution in [0.4, 0.5) is 0 Å². The van der Waals surface area contributed by atoms with Crippen molar-refractivity contribution in [3.63, 3.8) is 0 Å². The summed E-state index contributed by atoms with van der Waals surface area (Å²) in [5.74, 6) is 1.77. The minimum Gasteiger partial charge on any atom is -0.496 e. The van der Waals surface area contributed by atoms with E-state index < -0.39 is 0 Å². The zero-order chi connectivity index (χ0) is 13.9. The molecule has 1 saturated heterocycles. The molecule has 0 bridgehead atoms. The summed E-state index contributed by atoms with van der Waals surface area (Å²) < 4.78 is 5.61. The lowest BCUT2D eigenvalue weighted by Crippen LogP contribution is -2.38. The van der Waals surface area contributed by atoms with Crippen molar-refractivity contribution in [2.24, 2.45) is 5.92 Å². The first-order valence-corrected chi connectivity index (χ1v) is 7.47. The Kier molecular flexibility index (Phi) is 4.51. The largest absolute Gasteiger partial charge is 0.496 e. The molecule has 1 aromatic carbocycles. The Morgan fingerprint density at radius 2 is 1.95 bits per heavy atom. The highest BCUT2D eigenvalue weighted by Gasteiger charge is 2.34. The van der Waals surface area contributed by atoms with E-state index in [1.165, 1.54) is 24.0 Å². The van der Waals surface area contributed by atoms with Crippen molar-refractivity contribution in [1.29, 1.82) is 0 Å². The van der Waals surface area contributed by atoms with Gasteiger partial charge in [-0.3, -0.25) is 0 Å². The summed E-state index contributed by atoms with van der Waals surface area (Å²) in [5, 5.41) is 3.46. The molecule has 0 atom stereocenters.